The first kappa shape index (κ1) is 23.3. The number of pyridine rings is 1. The molecule has 2 N–H and O–H groups in total. The number of benzene rings is 1. The number of rotatable bonds is 5. The molecule has 10 heteroatoms. The van der Waals surface area contributed by atoms with Gasteiger partial charge in [0.15, 0.2) is 11.6 Å². The first-order valence-electron chi connectivity index (χ1n) is 11.5. The topological polar surface area (TPSA) is 98.0 Å². The predicted molar refractivity (Wildman–Crippen MR) is 127 cm³/mol. The van der Waals surface area contributed by atoms with Gasteiger partial charge in [0.2, 0.25) is 5.95 Å². The Kier molecular flexibility index (Phi) is 6.16. The Hall–Kier alpha value is -3.50. The van der Waals surface area contributed by atoms with Gasteiger partial charge in [-0.15, -0.1) is 0 Å². The highest BCUT2D eigenvalue weighted by Crippen LogP contribution is 2.31. The third-order valence-corrected chi connectivity index (χ3v) is 6.11. The predicted octanol–water partition coefficient (Wildman–Crippen LogP) is 5.01. The number of nitrogens with one attached hydrogen (secondary N) is 1. The maximum atomic E-state index is 14.9. The number of halogens is 2. The Balaban J connectivity index is 1.42. The number of ether oxygens (including phenoxy) is 1. The number of hydrogen-bond acceptors (Lipinski definition) is 7. The summed E-state index contributed by atoms with van der Waals surface area (Å²) in [4.78, 5) is 17.0. The van der Waals surface area contributed by atoms with Crippen molar-refractivity contribution in [2.45, 2.75) is 51.9 Å². The molecule has 4 heterocycles. The molecule has 1 aromatic carbocycles. The van der Waals surface area contributed by atoms with Crippen LogP contribution in [0.5, 0.6) is 0 Å². The maximum Gasteiger partial charge on any atom is 0.229 e. The van der Waals surface area contributed by atoms with Crippen molar-refractivity contribution in [2.24, 2.45) is 0 Å². The van der Waals surface area contributed by atoms with E-state index in [-0.39, 0.29) is 29.3 Å². The standard InChI is InChI=1S/C25H26F2N6O2/c1-13(2)33-14(3)30-24-18(26)8-16(9-20(24)33)23-19(27)11-29-25(32-23)31-22-7-4-15(10-28-22)21-6-5-17(34)12-35-21/h4,7-11,13,17,21,34H,5-6,12H2,1-3H3,(H,28,29,31,32). The van der Waals surface area contributed by atoms with E-state index in [4.69, 9.17) is 4.74 Å². The fraction of sp³-hybridized carbons (Fsp3) is 0.360. The first-order valence-corrected chi connectivity index (χ1v) is 11.5. The van der Waals surface area contributed by atoms with Crippen LogP contribution < -0.4 is 5.32 Å². The van der Waals surface area contributed by atoms with E-state index in [0.29, 0.717) is 35.8 Å². The molecule has 3 aromatic heterocycles. The molecule has 0 bridgehead atoms. The molecule has 1 fully saturated rings. The number of aliphatic hydroxyl groups is 1. The van der Waals surface area contributed by atoms with Crippen molar-refractivity contribution < 1.29 is 18.6 Å². The zero-order valence-electron chi connectivity index (χ0n) is 19.7. The molecule has 0 saturated carbocycles. The summed E-state index contributed by atoms with van der Waals surface area (Å²) < 4.78 is 37.2. The lowest BCUT2D eigenvalue weighted by Crippen LogP contribution is -2.24. The van der Waals surface area contributed by atoms with Gasteiger partial charge < -0.3 is 19.7 Å². The van der Waals surface area contributed by atoms with Crippen LogP contribution in [0.3, 0.4) is 0 Å². The van der Waals surface area contributed by atoms with E-state index in [1.165, 1.54) is 6.07 Å². The number of aliphatic hydroxyl groups excluding tert-OH is 1. The lowest BCUT2D eigenvalue weighted by atomic mass is 10.0. The zero-order chi connectivity index (χ0) is 24.7. The third kappa shape index (κ3) is 4.59. The summed E-state index contributed by atoms with van der Waals surface area (Å²) in [6.45, 7) is 6.08. The molecule has 0 aliphatic carbocycles. The number of fused-ring (bicyclic) bond motifs is 1. The monoisotopic (exact) mass is 480 g/mol. The highest BCUT2D eigenvalue weighted by atomic mass is 19.1. The van der Waals surface area contributed by atoms with Gasteiger partial charge in [-0.1, -0.05) is 6.07 Å². The molecule has 2 atom stereocenters. The lowest BCUT2D eigenvalue weighted by molar-refractivity contribution is -0.0569. The lowest BCUT2D eigenvalue weighted by Gasteiger charge is -2.26. The van der Waals surface area contributed by atoms with Gasteiger partial charge in [-0.05, 0) is 57.4 Å². The highest BCUT2D eigenvalue weighted by Gasteiger charge is 2.22. The van der Waals surface area contributed by atoms with Crippen molar-refractivity contribution in [3.63, 3.8) is 0 Å². The average Bonchev–Trinajstić information content (AvgIpc) is 3.18. The molecule has 0 spiro atoms. The second kappa shape index (κ2) is 9.27. The van der Waals surface area contributed by atoms with Gasteiger partial charge in [0.25, 0.3) is 0 Å². The van der Waals surface area contributed by atoms with E-state index in [0.717, 1.165) is 18.2 Å². The molecule has 5 rings (SSSR count). The van der Waals surface area contributed by atoms with Crippen LogP contribution in [-0.4, -0.2) is 42.3 Å². The van der Waals surface area contributed by atoms with Crippen molar-refractivity contribution >= 4 is 22.8 Å². The molecule has 182 valence electrons. The van der Waals surface area contributed by atoms with Gasteiger partial charge in [0, 0.05) is 17.8 Å². The van der Waals surface area contributed by atoms with Crippen molar-refractivity contribution in [3.8, 4) is 11.3 Å². The highest BCUT2D eigenvalue weighted by molar-refractivity contribution is 5.83. The molecule has 4 aromatic rings. The van der Waals surface area contributed by atoms with Crippen LogP contribution in [0.4, 0.5) is 20.5 Å². The maximum absolute atomic E-state index is 14.9. The van der Waals surface area contributed by atoms with E-state index in [1.807, 2.05) is 31.4 Å². The fourth-order valence-electron chi connectivity index (χ4n) is 4.47. The Morgan fingerprint density at radius 1 is 1.09 bits per heavy atom. The Bertz CT molecular complexity index is 1360. The van der Waals surface area contributed by atoms with E-state index >= 15 is 0 Å². The molecule has 35 heavy (non-hydrogen) atoms. The van der Waals surface area contributed by atoms with Crippen molar-refractivity contribution in [1.82, 2.24) is 24.5 Å². The van der Waals surface area contributed by atoms with Gasteiger partial charge in [0.1, 0.15) is 22.9 Å². The summed E-state index contributed by atoms with van der Waals surface area (Å²) in [5.74, 6) is 0.0785. The van der Waals surface area contributed by atoms with Gasteiger partial charge >= 0.3 is 0 Å². The van der Waals surface area contributed by atoms with Gasteiger partial charge in [-0.25, -0.2) is 28.7 Å². The fourth-order valence-corrected chi connectivity index (χ4v) is 4.47. The Morgan fingerprint density at radius 3 is 2.60 bits per heavy atom. The molecule has 0 amide bonds. The van der Waals surface area contributed by atoms with E-state index in [9.17, 15) is 13.9 Å². The second-order valence-electron chi connectivity index (χ2n) is 8.99. The number of anilines is 2. The Morgan fingerprint density at radius 2 is 1.91 bits per heavy atom. The van der Waals surface area contributed by atoms with Crippen LogP contribution in [0.1, 0.15) is 50.2 Å². The normalized spacial score (nSPS) is 18.4. The quantitative estimate of drug-likeness (QED) is 0.414. The summed E-state index contributed by atoms with van der Waals surface area (Å²) in [6, 6.07) is 6.62. The largest absolute Gasteiger partial charge is 0.391 e. The van der Waals surface area contributed by atoms with Crippen LogP contribution in [0.2, 0.25) is 0 Å². The molecule has 8 nitrogen and oxygen atoms in total. The van der Waals surface area contributed by atoms with Crippen LogP contribution in [0.25, 0.3) is 22.3 Å². The van der Waals surface area contributed by atoms with Crippen LogP contribution in [0, 0.1) is 18.6 Å². The van der Waals surface area contributed by atoms with Crippen molar-refractivity contribution in [3.05, 3.63) is 59.7 Å². The van der Waals surface area contributed by atoms with Gasteiger partial charge in [0.05, 0.1) is 30.5 Å². The molecule has 0 radical (unpaired) electrons. The molecule has 1 saturated heterocycles. The van der Waals surface area contributed by atoms with Crippen LogP contribution >= 0.6 is 0 Å². The average molecular weight is 481 g/mol. The number of nitrogens with zero attached hydrogens (tertiary/aromatic N) is 5. The summed E-state index contributed by atoms with van der Waals surface area (Å²) in [5.41, 5.74) is 2.00. The van der Waals surface area contributed by atoms with Crippen LogP contribution in [0.15, 0.2) is 36.7 Å². The van der Waals surface area contributed by atoms with Crippen LogP contribution in [-0.2, 0) is 4.74 Å². The smallest absolute Gasteiger partial charge is 0.229 e. The van der Waals surface area contributed by atoms with Gasteiger partial charge in [-0.3, -0.25) is 0 Å². The minimum Gasteiger partial charge on any atom is -0.391 e. The van der Waals surface area contributed by atoms with E-state index in [1.54, 1.807) is 18.3 Å². The third-order valence-electron chi connectivity index (χ3n) is 6.11. The summed E-state index contributed by atoms with van der Waals surface area (Å²) in [5, 5.41) is 12.6. The molecule has 1 aliphatic heterocycles. The molecular formula is C25H26F2N6O2. The summed E-state index contributed by atoms with van der Waals surface area (Å²) in [6.07, 6.45) is 3.61. The SMILES string of the molecule is Cc1nc2c(F)cc(-c3nc(Nc4ccc(C5CCC(O)CO5)cn4)ncc3F)cc2n1C(C)C. The van der Waals surface area contributed by atoms with Crippen molar-refractivity contribution in [2.75, 3.05) is 11.9 Å². The molecule has 1 aliphatic rings. The Labute approximate surface area is 201 Å². The summed E-state index contributed by atoms with van der Waals surface area (Å²) in [7, 11) is 0. The summed E-state index contributed by atoms with van der Waals surface area (Å²) >= 11 is 0. The second-order valence-corrected chi connectivity index (χ2v) is 8.99. The first-order chi connectivity index (χ1) is 16.8. The number of hydrogen-bond donors (Lipinski definition) is 2. The van der Waals surface area contributed by atoms with E-state index < -0.39 is 17.7 Å². The number of aromatic nitrogens is 5. The van der Waals surface area contributed by atoms with E-state index in [2.05, 4.69) is 25.3 Å². The van der Waals surface area contributed by atoms with Gasteiger partial charge in [-0.2, -0.15) is 0 Å². The minimum absolute atomic E-state index is 0.0248. The number of imidazole rings is 1. The minimum atomic E-state index is -0.665. The molecule has 2 unspecified atom stereocenters. The number of aryl methyl sites for hydroxylation is 1. The van der Waals surface area contributed by atoms with Crippen molar-refractivity contribution in [1.29, 1.82) is 0 Å². The zero-order valence-corrected chi connectivity index (χ0v) is 19.7. The molecular weight excluding hydrogens is 454 g/mol.